The third kappa shape index (κ3) is 1.79. The minimum atomic E-state index is -0.130. The van der Waals surface area contributed by atoms with Crippen LogP contribution in [0.5, 0.6) is 5.75 Å². The average molecular weight is 192 g/mol. The second-order valence-electron chi connectivity index (χ2n) is 3.33. The number of carbonyl (C=O) groups is 1. The first kappa shape index (κ1) is 8.87. The smallest absolute Gasteiger partial charge is 0.315 e. The molecule has 2 amide bonds. The van der Waals surface area contributed by atoms with Gasteiger partial charge in [-0.15, -0.1) is 0 Å². The quantitative estimate of drug-likeness (QED) is 0.624. The average Bonchev–Trinajstić information content (AvgIpc) is 2.19. The largest absolute Gasteiger partial charge is 0.508 e. The molecule has 0 spiro atoms. The number of phenols is 1. The first-order valence-corrected chi connectivity index (χ1v) is 4.59. The summed E-state index contributed by atoms with van der Waals surface area (Å²) in [6.07, 6.45) is 0.872. The molecule has 1 atom stereocenters. The third-order valence-corrected chi connectivity index (χ3v) is 2.32. The molecule has 74 valence electrons. The number of carbonyl (C=O) groups excluding carboxylic acids is 1. The summed E-state index contributed by atoms with van der Waals surface area (Å²) in [5, 5.41) is 14.6. The van der Waals surface area contributed by atoms with E-state index in [-0.39, 0.29) is 17.8 Å². The highest BCUT2D eigenvalue weighted by Crippen LogP contribution is 2.20. The Balaban J connectivity index is 2.14. The number of aromatic hydroxyl groups is 1. The molecule has 1 aromatic carbocycles. The van der Waals surface area contributed by atoms with E-state index in [2.05, 4.69) is 10.6 Å². The van der Waals surface area contributed by atoms with Crippen molar-refractivity contribution in [2.24, 2.45) is 0 Å². The van der Waals surface area contributed by atoms with Gasteiger partial charge in [0.05, 0.1) is 6.04 Å². The molecule has 1 unspecified atom stereocenters. The lowest BCUT2D eigenvalue weighted by Crippen LogP contribution is -2.44. The second-order valence-corrected chi connectivity index (χ2v) is 3.33. The molecule has 1 aromatic rings. The molecule has 3 N–H and O–H groups in total. The van der Waals surface area contributed by atoms with Gasteiger partial charge in [-0.2, -0.15) is 0 Å². The Kier molecular flexibility index (Phi) is 2.26. The zero-order valence-electron chi connectivity index (χ0n) is 7.66. The summed E-state index contributed by atoms with van der Waals surface area (Å²) >= 11 is 0. The summed E-state index contributed by atoms with van der Waals surface area (Å²) in [7, 11) is 0. The van der Waals surface area contributed by atoms with E-state index in [9.17, 15) is 4.79 Å². The van der Waals surface area contributed by atoms with Crippen LogP contribution in [-0.2, 0) is 0 Å². The molecule has 2 rings (SSSR count). The first-order valence-electron chi connectivity index (χ1n) is 4.59. The van der Waals surface area contributed by atoms with Crippen LogP contribution in [0.4, 0.5) is 4.79 Å². The van der Waals surface area contributed by atoms with E-state index >= 15 is 0 Å². The molecule has 1 aliphatic rings. The summed E-state index contributed by atoms with van der Waals surface area (Å²) in [5.41, 5.74) is 1.03. The Morgan fingerprint density at radius 3 is 2.64 bits per heavy atom. The highest BCUT2D eigenvalue weighted by Gasteiger charge is 2.18. The molecule has 4 heteroatoms. The predicted octanol–water partition coefficient (Wildman–Crippen LogP) is 1.14. The van der Waals surface area contributed by atoms with Crippen molar-refractivity contribution in [2.45, 2.75) is 12.5 Å². The molecule has 0 aromatic heterocycles. The molecule has 1 fully saturated rings. The summed E-state index contributed by atoms with van der Waals surface area (Å²) < 4.78 is 0. The topological polar surface area (TPSA) is 61.4 Å². The van der Waals surface area contributed by atoms with Crippen LogP contribution < -0.4 is 10.6 Å². The zero-order valence-corrected chi connectivity index (χ0v) is 7.66. The molecule has 1 aliphatic heterocycles. The minimum absolute atomic E-state index is 0.0596. The van der Waals surface area contributed by atoms with Crippen LogP contribution in [-0.4, -0.2) is 17.7 Å². The summed E-state index contributed by atoms with van der Waals surface area (Å²) in [6, 6.07) is 6.84. The maximum Gasteiger partial charge on any atom is 0.315 e. The Morgan fingerprint density at radius 1 is 1.29 bits per heavy atom. The van der Waals surface area contributed by atoms with Gasteiger partial charge in [0, 0.05) is 6.54 Å². The van der Waals surface area contributed by atoms with E-state index in [4.69, 9.17) is 5.11 Å². The molecule has 4 nitrogen and oxygen atoms in total. The summed E-state index contributed by atoms with van der Waals surface area (Å²) in [5.74, 6) is 0.244. The lowest BCUT2D eigenvalue weighted by Gasteiger charge is -2.24. The van der Waals surface area contributed by atoms with Crippen LogP contribution in [0.3, 0.4) is 0 Å². The van der Waals surface area contributed by atoms with Crippen molar-refractivity contribution in [3.8, 4) is 5.75 Å². The van der Waals surface area contributed by atoms with Gasteiger partial charge in [0.1, 0.15) is 5.75 Å². The predicted molar refractivity (Wildman–Crippen MR) is 52.0 cm³/mol. The SMILES string of the molecule is O=C1NCCC(c2ccc(O)cc2)N1. The van der Waals surface area contributed by atoms with Crippen LogP contribution >= 0.6 is 0 Å². The van der Waals surface area contributed by atoms with Crippen molar-refractivity contribution in [3.63, 3.8) is 0 Å². The molecule has 0 saturated carbocycles. The lowest BCUT2D eigenvalue weighted by atomic mass is 10.0. The molecule has 14 heavy (non-hydrogen) atoms. The van der Waals surface area contributed by atoms with E-state index < -0.39 is 0 Å². The molecule has 0 bridgehead atoms. The maximum absolute atomic E-state index is 11.0. The first-order chi connectivity index (χ1) is 6.75. The standard InChI is InChI=1S/C10H12N2O2/c13-8-3-1-7(2-4-8)9-5-6-11-10(14)12-9/h1-4,9,13H,5-6H2,(H2,11,12,14). The fraction of sp³-hybridized carbons (Fsp3) is 0.300. The summed E-state index contributed by atoms with van der Waals surface area (Å²) in [6.45, 7) is 0.692. The normalized spacial score (nSPS) is 21.1. The number of urea groups is 1. The number of hydrogen-bond acceptors (Lipinski definition) is 2. The van der Waals surface area contributed by atoms with Gasteiger partial charge in [0.2, 0.25) is 0 Å². The van der Waals surface area contributed by atoms with Crippen LogP contribution in [0.1, 0.15) is 18.0 Å². The van der Waals surface area contributed by atoms with E-state index in [0.29, 0.717) is 6.54 Å². The van der Waals surface area contributed by atoms with E-state index in [1.54, 1.807) is 12.1 Å². The van der Waals surface area contributed by atoms with E-state index in [0.717, 1.165) is 12.0 Å². The van der Waals surface area contributed by atoms with Crippen LogP contribution in [0.25, 0.3) is 0 Å². The van der Waals surface area contributed by atoms with Gasteiger partial charge in [-0.1, -0.05) is 12.1 Å². The van der Waals surface area contributed by atoms with Crippen molar-refractivity contribution >= 4 is 6.03 Å². The Hall–Kier alpha value is -1.71. The molecule has 1 heterocycles. The third-order valence-electron chi connectivity index (χ3n) is 2.32. The van der Waals surface area contributed by atoms with Crippen LogP contribution in [0.15, 0.2) is 24.3 Å². The zero-order chi connectivity index (χ0) is 9.97. The summed E-state index contributed by atoms with van der Waals surface area (Å²) in [4.78, 5) is 11.0. The number of rotatable bonds is 1. The van der Waals surface area contributed by atoms with Gasteiger partial charge in [-0.25, -0.2) is 4.79 Å². The number of benzene rings is 1. The monoisotopic (exact) mass is 192 g/mol. The number of nitrogens with one attached hydrogen (secondary N) is 2. The van der Waals surface area contributed by atoms with Gasteiger partial charge < -0.3 is 15.7 Å². The van der Waals surface area contributed by atoms with E-state index in [1.165, 1.54) is 0 Å². The van der Waals surface area contributed by atoms with Crippen molar-refractivity contribution in [1.82, 2.24) is 10.6 Å². The van der Waals surface area contributed by atoms with Crippen molar-refractivity contribution < 1.29 is 9.90 Å². The van der Waals surface area contributed by atoms with Crippen molar-refractivity contribution in [1.29, 1.82) is 0 Å². The van der Waals surface area contributed by atoms with Gasteiger partial charge in [0.25, 0.3) is 0 Å². The molecular weight excluding hydrogens is 180 g/mol. The lowest BCUT2D eigenvalue weighted by molar-refractivity contribution is 0.229. The van der Waals surface area contributed by atoms with Gasteiger partial charge in [-0.3, -0.25) is 0 Å². The highest BCUT2D eigenvalue weighted by molar-refractivity contribution is 5.75. The van der Waals surface area contributed by atoms with E-state index in [1.807, 2.05) is 12.1 Å². The fourth-order valence-corrected chi connectivity index (χ4v) is 1.57. The highest BCUT2D eigenvalue weighted by atomic mass is 16.3. The second kappa shape index (κ2) is 3.57. The number of amides is 2. The molecule has 1 saturated heterocycles. The Labute approximate surface area is 81.9 Å². The Bertz CT molecular complexity index is 334. The fourth-order valence-electron chi connectivity index (χ4n) is 1.57. The minimum Gasteiger partial charge on any atom is -0.508 e. The van der Waals surface area contributed by atoms with Crippen molar-refractivity contribution in [3.05, 3.63) is 29.8 Å². The number of phenolic OH excluding ortho intramolecular Hbond substituents is 1. The molecule has 0 radical (unpaired) electrons. The maximum atomic E-state index is 11.0. The van der Waals surface area contributed by atoms with Gasteiger partial charge >= 0.3 is 6.03 Å². The Morgan fingerprint density at radius 2 is 2.00 bits per heavy atom. The number of hydrogen-bond donors (Lipinski definition) is 3. The van der Waals surface area contributed by atoms with Crippen LogP contribution in [0, 0.1) is 0 Å². The van der Waals surface area contributed by atoms with Gasteiger partial charge in [0.15, 0.2) is 0 Å². The molecular formula is C10H12N2O2. The van der Waals surface area contributed by atoms with Crippen LogP contribution in [0.2, 0.25) is 0 Å². The molecule has 0 aliphatic carbocycles. The van der Waals surface area contributed by atoms with Gasteiger partial charge in [-0.05, 0) is 24.1 Å². The van der Waals surface area contributed by atoms with Crippen molar-refractivity contribution in [2.75, 3.05) is 6.54 Å².